The van der Waals surface area contributed by atoms with Gasteiger partial charge in [-0.2, -0.15) is 0 Å². The molecule has 21 heavy (non-hydrogen) atoms. The zero-order valence-corrected chi connectivity index (χ0v) is 13.0. The van der Waals surface area contributed by atoms with Gasteiger partial charge in [0.05, 0.1) is 0 Å². The van der Waals surface area contributed by atoms with Crippen molar-refractivity contribution in [3.63, 3.8) is 0 Å². The third-order valence-corrected chi connectivity index (χ3v) is 3.97. The first kappa shape index (κ1) is 15.7. The SMILES string of the molecule is C=C[C@H](C(=O)N1CCN(Cc2ccccc2)CC1)N(C)C. The average Bonchev–Trinajstić information content (AvgIpc) is 2.49. The van der Waals surface area contributed by atoms with Crippen LogP contribution in [0.25, 0.3) is 0 Å². The Balaban J connectivity index is 1.85. The van der Waals surface area contributed by atoms with Crippen LogP contribution in [0.15, 0.2) is 43.0 Å². The first-order valence-electron chi connectivity index (χ1n) is 7.46. The van der Waals surface area contributed by atoms with Gasteiger partial charge in [0.15, 0.2) is 0 Å². The van der Waals surface area contributed by atoms with Gasteiger partial charge in [-0.05, 0) is 19.7 Å². The van der Waals surface area contributed by atoms with Gasteiger partial charge < -0.3 is 4.90 Å². The summed E-state index contributed by atoms with van der Waals surface area (Å²) >= 11 is 0. The lowest BCUT2D eigenvalue weighted by molar-refractivity contribution is -0.136. The van der Waals surface area contributed by atoms with E-state index in [0.29, 0.717) is 0 Å². The summed E-state index contributed by atoms with van der Waals surface area (Å²) in [6, 6.07) is 10.3. The minimum absolute atomic E-state index is 0.161. The Hall–Kier alpha value is -1.65. The molecule has 4 heteroatoms. The Labute approximate surface area is 127 Å². The lowest BCUT2D eigenvalue weighted by Gasteiger charge is -2.37. The number of piperazine rings is 1. The topological polar surface area (TPSA) is 26.8 Å². The van der Waals surface area contributed by atoms with Crippen molar-refractivity contribution < 1.29 is 4.79 Å². The molecule has 1 aromatic carbocycles. The highest BCUT2D eigenvalue weighted by Gasteiger charge is 2.26. The van der Waals surface area contributed by atoms with Gasteiger partial charge in [0.2, 0.25) is 5.91 Å². The molecule has 1 heterocycles. The van der Waals surface area contributed by atoms with E-state index in [1.165, 1.54) is 5.56 Å². The summed E-state index contributed by atoms with van der Waals surface area (Å²) in [7, 11) is 3.83. The number of likely N-dealkylation sites (N-methyl/N-ethyl adjacent to an activating group) is 1. The second-order valence-electron chi connectivity index (χ2n) is 5.73. The van der Waals surface area contributed by atoms with Crippen molar-refractivity contribution in [1.29, 1.82) is 0 Å². The van der Waals surface area contributed by atoms with Gasteiger partial charge in [-0.1, -0.05) is 36.4 Å². The fourth-order valence-electron chi connectivity index (χ4n) is 2.69. The van der Waals surface area contributed by atoms with Gasteiger partial charge in [-0.15, -0.1) is 6.58 Å². The van der Waals surface area contributed by atoms with E-state index in [1.807, 2.05) is 30.0 Å². The molecule has 0 bridgehead atoms. The number of amides is 1. The number of nitrogens with zero attached hydrogens (tertiary/aromatic N) is 3. The molecular weight excluding hydrogens is 262 g/mol. The number of hydrogen-bond donors (Lipinski definition) is 0. The molecule has 114 valence electrons. The summed E-state index contributed by atoms with van der Waals surface area (Å²) in [5, 5.41) is 0. The fourth-order valence-corrected chi connectivity index (χ4v) is 2.69. The molecule has 0 saturated carbocycles. The second kappa shape index (κ2) is 7.38. The van der Waals surface area contributed by atoms with Gasteiger partial charge in [0, 0.05) is 32.7 Å². The van der Waals surface area contributed by atoms with Crippen molar-refractivity contribution >= 4 is 5.91 Å². The zero-order chi connectivity index (χ0) is 15.2. The van der Waals surface area contributed by atoms with E-state index in [1.54, 1.807) is 6.08 Å². The highest BCUT2D eigenvalue weighted by Crippen LogP contribution is 2.10. The van der Waals surface area contributed by atoms with Crippen molar-refractivity contribution in [1.82, 2.24) is 14.7 Å². The van der Waals surface area contributed by atoms with Crippen LogP contribution in [0.1, 0.15) is 5.56 Å². The normalized spacial score (nSPS) is 17.8. The van der Waals surface area contributed by atoms with Crippen LogP contribution < -0.4 is 0 Å². The summed E-state index contributed by atoms with van der Waals surface area (Å²) in [5.74, 6) is 0.161. The zero-order valence-electron chi connectivity index (χ0n) is 13.0. The lowest BCUT2D eigenvalue weighted by atomic mass is 10.1. The highest BCUT2D eigenvalue weighted by molar-refractivity contribution is 5.83. The van der Waals surface area contributed by atoms with Gasteiger partial charge >= 0.3 is 0 Å². The molecule has 2 rings (SSSR count). The Morgan fingerprint density at radius 3 is 2.38 bits per heavy atom. The monoisotopic (exact) mass is 287 g/mol. The Kier molecular flexibility index (Phi) is 5.53. The average molecular weight is 287 g/mol. The number of carbonyl (C=O) groups excluding carboxylic acids is 1. The first-order chi connectivity index (χ1) is 10.1. The highest BCUT2D eigenvalue weighted by atomic mass is 16.2. The van der Waals surface area contributed by atoms with E-state index < -0.39 is 0 Å². The second-order valence-corrected chi connectivity index (χ2v) is 5.73. The summed E-state index contributed by atoms with van der Waals surface area (Å²) in [4.78, 5) is 18.7. The van der Waals surface area contributed by atoms with Crippen molar-refractivity contribution in [3.05, 3.63) is 48.6 Å². The number of hydrogen-bond acceptors (Lipinski definition) is 3. The smallest absolute Gasteiger partial charge is 0.243 e. The molecule has 0 spiro atoms. The van der Waals surface area contributed by atoms with Crippen LogP contribution in [0.5, 0.6) is 0 Å². The minimum Gasteiger partial charge on any atom is -0.338 e. The maximum absolute atomic E-state index is 12.4. The predicted octanol–water partition coefficient (Wildman–Crippen LogP) is 1.45. The van der Waals surface area contributed by atoms with Crippen LogP contribution in [0.3, 0.4) is 0 Å². The van der Waals surface area contributed by atoms with Gasteiger partial charge in [0.1, 0.15) is 6.04 Å². The molecule has 1 aliphatic heterocycles. The molecule has 0 unspecified atom stereocenters. The largest absolute Gasteiger partial charge is 0.338 e. The number of carbonyl (C=O) groups is 1. The van der Waals surface area contributed by atoms with Crippen LogP contribution in [0.4, 0.5) is 0 Å². The Bertz CT molecular complexity index is 464. The minimum atomic E-state index is -0.217. The van der Waals surface area contributed by atoms with Gasteiger partial charge in [-0.3, -0.25) is 14.6 Å². The standard InChI is InChI=1S/C17H25N3O/c1-4-16(18(2)3)17(21)20-12-10-19(11-13-20)14-15-8-6-5-7-9-15/h4-9,16H,1,10-14H2,2-3H3/t16-/m1/s1. The quantitative estimate of drug-likeness (QED) is 0.767. The summed E-state index contributed by atoms with van der Waals surface area (Å²) in [6.07, 6.45) is 1.72. The molecule has 0 aromatic heterocycles. The van der Waals surface area contributed by atoms with Crippen molar-refractivity contribution in [3.8, 4) is 0 Å². The summed E-state index contributed by atoms with van der Waals surface area (Å²) in [5.41, 5.74) is 1.33. The molecule has 1 aromatic rings. The summed E-state index contributed by atoms with van der Waals surface area (Å²) < 4.78 is 0. The fraction of sp³-hybridized carbons (Fsp3) is 0.471. The molecular formula is C17H25N3O. The number of rotatable bonds is 5. The third-order valence-electron chi connectivity index (χ3n) is 3.97. The van der Waals surface area contributed by atoms with Crippen molar-refractivity contribution in [2.75, 3.05) is 40.3 Å². The van der Waals surface area contributed by atoms with E-state index in [2.05, 4.69) is 35.7 Å². The summed E-state index contributed by atoms with van der Waals surface area (Å²) in [6.45, 7) is 8.18. The molecule has 0 radical (unpaired) electrons. The lowest BCUT2D eigenvalue weighted by Crippen LogP contribution is -2.53. The molecule has 4 nitrogen and oxygen atoms in total. The predicted molar refractivity (Wildman–Crippen MR) is 86.0 cm³/mol. The Morgan fingerprint density at radius 2 is 1.86 bits per heavy atom. The van der Waals surface area contributed by atoms with Crippen molar-refractivity contribution in [2.45, 2.75) is 12.6 Å². The van der Waals surface area contributed by atoms with Crippen LogP contribution >= 0.6 is 0 Å². The van der Waals surface area contributed by atoms with Crippen LogP contribution in [-0.4, -0.2) is 66.9 Å². The maximum atomic E-state index is 12.4. The first-order valence-corrected chi connectivity index (χ1v) is 7.46. The van der Waals surface area contributed by atoms with E-state index in [0.717, 1.165) is 32.7 Å². The molecule has 0 aliphatic carbocycles. The van der Waals surface area contributed by atoms with Crippen LogP contribution in [0.2, 0.25) is 0 Å². The molecule has 1 saturated heterocycles. The molecule has 0 N–H and O–H groups in total. The van der Waals surface area contributed by atoms with Gasteiger partial charge in [-0.25, -0.2) is 0 Å². The molecule has 1 aliphatic rings. The Morgan fingerprint density at radius 1 is 1.24 bits per heavy atom. The van der Waals surface area contributed by atoms with E-state index in [-0.39, 0.29) is 11.9 Å². The van der Waals surface area contributed by atoms with Crippen molar-refractivity contribution in [2.24, 2.45) is 0 Å². The van der Waals surface area contributed by atoms with Crippen LogP contribution in [-0.2, 0) is 11.3 Å². The molecule has 1 fully saturated rings. The molecule has 1 amide bonds. The van der Waals surface area contributed by atoms with Gasteiger partial charge in [0.25, 0.3) is 0 Å². The molecule has 1 atom stereocenters. The maximum Gasteiger partial charge on any atom is 0.243 e. The van der Waals surface area contributed by atoms with E-state index in [9.17, 15) is 4.79 Å². The van der Waals surface area contributed by atoms with E-state index in [4.69, 9.17) is 0 Å². The van der Waals surface area contributed by atoms with Crippen LogP contribution in [0, 0.1) is 0 Å². The van der Waals surface area contributed by atoms with E-state index >= 15 is 0 Å². The number of benzene rings is 1. The third kappa shape index (κ3) is 4.16.